The van der Waals surface area contributed by atoms with E-state index in [1.807, 2.05) is 49.0 Å². The van der Waals surface area contributed by atoms with E-state index in [0.29, 0.717) is 6.04 Å². The standard InChI is InChI=1S/C28H28FN3O/c1-28(2,27(33)31-23-11-12-23)25(16-19-6-4-3-5-7-19)20-8-15-26-21(17-20)18-30-32(26)24-13-9-22(29)10-14-24/h3-10,13-15,17-18,23,25H,11-12,16H2,1-2H3,(H,31,33). The number of halogens is 1. The Balaban J connectivity index is 1.52. The Kier molecular flexibility index (Phi) is 5.49. The van der Waals surface area contributed by atoms with Gasteiger partial charge in [-0.05, 0) is 66.8 Å². The predicted octanol–water partition coefficient (Wildman–Crippen LogP) is 5.80. The van der Waals surface area contributed by atoms with Crippen molar-refractivity contribution in [1.82, 2.24) is 15.1 Å². The number of hydrogen-bond acceptors (Lipinski definition) is 2. The first-order chi connectivity index (χ1) is 15.9. The number of fused-ring (bicyclic) bond motifs is 1. The summed E-state index contributed by atoms with van der Waals surface area (Å²) in [5, 5.41) is 8.74. The number of rotatable bonds is 7. The molecule has 1 aromatic heterocycles. The van der Waals surface area contributed by atoms with Crippen molar-refractivity contribution in [3.05, 3.63) is 95.9 Å². The molecule has 1 fully saturated rings. The molecular formula is C28H28FN3O. The number of aromatic nitrogens is 2. The van der Waals surface area contributed by atoms with Crippen LogP contribution in [0.4, 0.5) is 4.39 Å². The van der Waals surface area contributed by atoms with E-state index in [2.05, 4.69) is 34.7 Å². The van der Waals surface area contributed by atoms with E-state index in [1.165, 1.54) is 17.7 Å². The van der Waals surface area contributed by atoms with Crippen LogP contribution in [0, 0.1) is 11.2 Å². The molecule has 33 heavy (non-hydrogen) atoms. The fourth-order valence-corrected chi connectivity index (χ4v) is 4.45. The van der Waals surface area contributed by atoms with Gasteiger partial charge in [0.1, 0.15) is 5.82 Å². The SMILES string of the molecule is CC(C)(C(=O)NC1CC1)C(Cc1ccccc1)c1ccc2c(cnn2-c2ccc(F)cc2)c1. The monoisotopic (exact) mass is 441 g/mol. The molecule has 0 radical (unpaired) electrons. The van der Waals surface area contributed by atoms with Crippen LogP contribution in [0.5, 0.6) is 0 Å². The van der Waals surface area contributed by atoms with E-state index < -0.39 is 5.41 Å². The molecule has 1 amide bonds. The van der Waals surface area contributed by atoms with E-state index in [0.717, 1.165) is 41.4 Å². The summed E-state index contributed by atoms with van der Waals surface area (Å²) in [7, 11) is 0. The summed E-state index contributed by atoms with van der Waals surface area (Å²) >= 11 is 0. The Morgan fingerprint density at radius 3 is 2.52 bits per heavy atom. The molecule has 1 saturated carbocycles. The van der Waals surface area contributed by atoms with Crippen LogP contribution in [0.2, 0.25) is 0 Å². The molecule has 1 heterocycles. The van der Waals surface area contributed by atoms with Gasteiger partial charge in [0, 0.05) is 17.3 Å². The van der Waals surface area contributed by atoms with Crippen molar-refractivity contribution in [3.8, 4) is 5.69 Å². The number of nitrogens with one attached hydrogen (secondary N) is 1. The Bertz CT molecular complexity index is 1270. The largest absolute Gasteiger partial charge is 0.353 e. The lowest BCUT2D eigenvalue weighted by Gasteiger charge is -2.34. The molecule has 4 nitrogen and oxygen atoms in total. The summed E-state index contributed by atoms with van der Waals surface area (Å²) < 4.78 is 15.2. The maximum atomic E-state index is 13.4. The molecule has 0 spiro atoms. The molecule has 1 atom stereocenters. The number of benzene rings is 3. The Labute approximate surface area is 193 Å². The molecule has 1 aliphatic rings. The number of hydrogen-bond donors (Lipinski definition) is 1. The lowest BCUT2D eigenvalue weighted by atomic mass is 9.71. The van der Waals surface area contributed by atoms with Crippen LogP contribution < -0.4 is 5.32 Å². The van der Waals surface area contributed by atoms with Gasteiger partial charge in [0.05, 0.1) is 22.8 Å². The Hall–Kier alpha value is -3.47. The third-order valence-electron chi connectivity index (χ3n) is 6.72. The van der Waals surface area contributed by atoms with E-state index in [9.17, 15) is 9.18 Å². The fraction of sp³-hybridized carbons (Fsp3) is 0.286. The second kappa shape index (κ2) is 8.47. The van der Waals surface area contributed by atoms with Gasteiger partial charge in [-0.3, -0.25) is 4.79 Å². The number of amides is 1. The molecule has 0 bridgehead atoms. The molecule has 5 rings (SSSR count). The lowest BCUT2D eigenvalue weighted by molar-refractivity contribution is -0.130. The zero-order valence-electron chi connectivity index (χ0n) is 19.0. The number of carbonyl (C=O) groups excluding carboxylic acids is 1. The van der Waals surface area contributed by atoms with Gasteiger partial charge in [-0.25, -0.2) is 9.07 Å². The minimum atomic E-state index is -0.584. The molecular weight excluding hydrogens is 413 g/mol. The summed E-state index contributed by atoms with van der Waals surface area (Å²) in [5.41, 5.74) is 3.49. The van der Waals surface area contributed by atoms with E-state index >= 15 is 0 Å². The molecule has 0 aliphatic heterocycles. The molecule has 1 unspecified atom stereocenters. The summed E-state index contributed by atoms with van der Waals surface area (Å²) in [4.78, 5) is 13.2. The molecule has 168 valence electrons. The molecule has 4 aromatic rings. The van der Waals surface area contributed by atoms with Gasteiger partial charge >= 0.3 is 0 Å². The van der Waals surface area contributed by atoms with Crippen molar-refractivity contribution in [3.63, 3.8) is 0 Å². The molecule has 3 aromatic carbocycles. The maximum absolute atomic E-state index is 13.4. The topological polar surface area (TPSA) is 46.9 Å². The number of carbonyl (C=O) groups is 1. The summed E-state index contributed by atoms with van der Waals surface area (Å²) in [5.74, 6) is -0.168. The third-order valence-corrected chi connectivity index (χ3v) is 6.72. The Morgan fingerprint density at radius 2 is 1.82 bits per heavy atom. The van der Waals surface area contributed by atoms with Crippen LogP contribution in [0.15, 0.2) is 79.0 Å². The molecule has 1 aliphatic carbocycles. The zero-order valence-corrected chi connectivity index (χ0v) is 19.0. The highest BCUT2D eigenvalue weighted by Crippen LogP contribution is 2.40. The fourth-order valence-electron chi connectivity index (χ4n) is 4.45. The summed E-state index contributed by atoms with van der Waals surface area (Å²) in [6.07, 6.45) is 4.74. The summed E-state index contributed by atoms with van der Waals surface area (Å²) in [6, 6.07) is 23.3. The quantitative estimate of drug-likeness (QED) is 0.394. The highest BCUT2D eigenvalue weighted by Gasteiger charge is 2.40. The van der Waals surface area contributed by atoms with Crippen molar-refractivity contribution in [2.24, 2.45) is 5.41 Å². The Morgan fingerprint density at radius 1 is 1.09 bits per heavy atom. The van der Waals surface area contributed by atoms with Crippen molar-refractivity contribution in [2.45, 2.75) is 45.1 Å². The second-order valence-corrected chi connectivity index (χ2v) is 9.56. The van der Waals surface area contributed by atoms with E-state index in [4.69, 9.17) is 0 Å². The average molecular weight is 442 g/mol. The highest BCUT2D eigenvalue weighted by atomic mass is 19.1. The van der Waals surface area contributed by atoms with Crippen LogP contribution in [0.1, 0.15) is 43.7 Å². The second-order valence-electron chi connectivity index (χ2n) is 9.56. The van der Waals surface area contributed by atoms with Crippen LogP contribution in [0.25, 0.3) is 16.6 Å². The van der Waals surface area contributed by atoms with E-state index in [1.54, 1.807) is 12.1 Å². The number of nitrogens with zero attached hydrogens (tertiary/aromatic N) is 2. The van der Waals surface area contributed by atoms with Gasteiger partial charge in [-0.15, -0.1) is 0 Å². The first kappa shape index (κ1) is 21.4. The van der Waals surface area contributed by atoms with Crippen molar-refractivity contribution < 1.29 is 9.18 Å². The maximum Gasteiger partial charge on any atom is 0.226 e. The first-order valence-corrected chi connectivity index (χ1v) is 11.5. The molecule has 5 heteroatoms. The van der Waals surface area contributed by atoms with E-state index in [-0.39, 0.29) is 17.6 Å². The predicted molar refractivity (Wildman–Crippen MR) is 129 cm³/mol. The van der Waals surface area contributed by atoms with Crippen molar-refractivity contribution in [2.75, 3.05) is 0 Å². The van der Waals surface area contributed by atoms with Crippen LogP contribution in [0.3, 0.4) is 0 Å². The van der Waals surface area contributed by atoms with Crippen LogP contribution >= 0.6 is 0 Å². The van der Waals surface area contributed by atoms with Gasteiger partial charge in [-0.1, -0.05) is 50.2 Å². The first-order valence-electron chi connectivity index (χ1n) is 11.5. The van der Waals surface area contributed by atoms with Gasteiger partial charge in [-0.2, -0.15) is 5.10 Å². The molecule has 1 N–H and O–H groups in total. The zero-order chi connectivity index (χ0) is 23.0. The van der Waals surface area contributed by atoms with Crippen molar-refractivity contribution >= 4 is 16.8 Å². The third kappa shape index (κ3) is 4.40. The average Bonchev–Trinajstić information content (AvgIpc) is 3.54. The highest BCUT2D eigenvalue weighted by molar-refractivity contribution is 5.85. The molecule has 0 saturated heterocycles. The summed E-state index contributed by atoms with van der Waals surface area (Å²) in [6.45, 7) is 4.09. The van der Waals surface area contributed by atoms with Crippen molar-refractivity contribution in [1.29, 1.82) is 0 Å². The van der Waals surface area contributed by atoms with Crippen LogP contribution in [-0.4, -0.2) is 21.7 Å². The lowest BCUT2D eigenvalue weighted by Crippen LogP contribution is -2.42. The smallest absolute Gasteiger partial charge is 0.226 e. The minimum Gasteiger partial charge on any atom is -0.353 e. The van der Waals surface area contributed by atoms with Crippen LogP contribution in [-0.2, 0) is 11.2 Å². The van der Waals surface area contributed by atoms with Gasteiger partial charge < -0.3 is 5.32 Å². The minimum absolute atomic E-state index is 0.00257. The normalized spacial score (nSPS) is 14.9. The van der Waals surface area contributed by atoms with Gasteiger partial charge in [0.2, 0.25) is 5.91 Å². The van der Waals surface area contributed by atoms with Gasteiger partial charge in [0.25, 0.3) is 0 Å². The van der Waals surface area contributed by atoms with Gasteiger partial charge in [0.15, 0.2) is 0 Å².